The van der Waals surface area contributed by atoms with Crippen LogP contribution in [-0.2, 0) is 13.0 Å². The van der Waals surface area contributed by atoms with E-state index in [-0.39, 0.29) is 5.56 Å². The summed E-state index contributed by atoms with van der Waals surface area (Å²) in [7, 11) is 0. The summed E-state index contributed by atoms with van der Waals surface area (Å²) in [6.07, 6.45) is 4.23. The highest BCUT2D eigenvalue weighted by Gasteiger charge is 2.12. The Labute approximate surface area is 241 Å². The number of hydrogen-bond acceptors (Lipinski definition) is 5. The zero-order valence-electron chi connectivity index (χ0n) is 20.5. The van der Waals surface area contributed by atoms with Crippen molar-refractivity contribution in [3.05, 3.63) is 95.3 Å². The van der Waals surface area contributed by atoms with Gasteiger partial charge in [-0.2, -0.15) is 9.78 Å². The minimum Gasteiger partial charge on any atom is -0.490 e. The van der Waals surface area contributed by atoms with Gasteiger partial charge in [-0.05, 0) is 67.4 Å². The first-order valence-corrected chi connectivity index (χ1v) is 14.4. The smallest absolute Gasteiger partial charge is 0.282 e. The third kappa shape index (κ3) is 6.89. The molecule has 0 spiro atoms. The molecule has 0 bridgehead atoms. The van der Waals surface area contributed by atoms with Crippen LogP contribution in [0.2, 0.25) is 0 Å². The number of hydrogen-bond donors (Lipinski definition) is 0. The van der Waals surface area contributed by atoms with Gasteiger partial charge < -0.3 is 9.47 Å². The molecule has 0 unspecified atom stereocenters. The topological polar surface area (TPSA) is 65.7 Å². The van der Waals surface area contributed by atoms with E-state index in [1.807, 2.05) is 55.5 Å². The lowest BCUT2D eigenvalue weighted by Crippen LogP contribution is -2.22. The molecule has 0 atom stereocenters. The SMILES string of the molecule is CCCCc1nc2ccc(Br)cc2c(=O)n1N=Cc1ccc(OCc2ccc(Br)cc2Br)c(OCC)c1. The highest BCUT2D eigenvalue weighted by molar-refractivity contribution is 9.11. The Hall–Kier alpha value is -2.49. The van der Waals surface area contributed by atoms with Gasteiger partial charge in [-0.1, -0.05) is 67.2 Å². The van der Waals surface area contributed by atoms with Crippen molar-refractivity contribution in [1.29, 1.82) is 0 Å². The molecule has 0 fully saturated rings. The van der Waals surface area contributed by atoms with E-state index in [1.54, 1.807) is 12.3 Å². The molecule has 0 amide bonds. The van der Waals surface area contributed by atoms with Gasteiger partial charge in [0, 0.05) is 25.4 Å². The number of nitrogens with zero attached hydrogens (tertiary/aromatic N) is 3. The highest BCUT2D eigenvalue weighted by atomic mass is 79.9. The summed E-state index contributed by atoms with van der Waals surface area (Å²) in [5.41, 5.74) is 2.27. The predicted molar refractivity (Wildman–Crippen MR) is 159 cm³/mol. The van der Waals surface area contributed by atoms with Gasteiger partial charge in [-0.25, -0.2) is 4.98 Å². The first-order valence-electron chi connectivity index (χ1n) is 12.0. The Morgan fingerprint density at radius 1 is 0.946 bits per heavy atom. The van der Waals surface area contributed by atoms with Crippen molar-refractivity contribution in [3.63, 3.8) is 0 Å². The van der Waals surface area contributed by atoms with Crippen LogP contribution in [0.3, 0.4) is 0 Å². The summed E-state index contributed by atoms with van der Waals surface area (Å²) in [5.74, 6) is 1.88. The Bertz CT molecular complexity index is 1500. The monoisotopic (exact) mass is 689 g/mol. The standard InChI is InChI=1S/C28H26Br3N3O3/c1-3-5-6-27-33-24-11-10-20(29)14-22(24)28(35)34(27)32-16-18-7-12-25(26(13-18)36-4-2)37-17-19-8-9-21(30)15-23(19)31/h7-16H,3-6,17H2,1-2H3. The molecule has 0 aliphatic heterocycles. The molecule has 0 N–H and O–H groups in total. The molecule has 1 heterocycles. The number of unbranched alkanes of at least 4 members (excludes halogenated alkanes) is 1. The Balaban J connectivity index is 1.64. The maximum absolute atomic E-state index is 13.3. The van der Waals surface area contributed by atoms with Crippen molar-refractivity contribution in [1.82, 2.24) is 9.66 Å². The van der Waals surface area contributed by atoms with E-state index in [0.29, 0.717) is 47.9 Å². The molecule has 0 aliphatic rings. The minimum atomic E-state index is -0.196. The molecule has 0 aliphatic carbocycles. The molecular weight excluding hydrogens is 666 g/mol. The van der Waals surface area contributed by atoms with Crippen molar-refractivity contribution < 1.29 is 9.47 Å². The summed E-state index contributed by atoms with van der Waals surface area (Å²) >= 11 is 10.5. The minimum absolute atomic E-state index is 0.196. The van der Waals surface area contributed by atoms with E-state index in [0.717, 1.165) is 37.4 Å². The third-order valence-electron chi connectivity index (χ3n) is 5.62. The van der Waals surface area contributed by atoms with Gasteiger partial charge in [0.1, 0.15) is 12.4 Å². The molecule has 0 saturated carbocycles. The fourth-order valence-electron chi connectivity index (χ4n) is 3.72. The van der Waals surface area contributed by atoms with Gasteiger partial charge in [-0.15, -0.1) is 0 Å². The first-order chi connectivity index (χ1) is 17.9. The average Bonchev–Trinajstić information content (AvgIpc) is 2.88. The molecule has 3 aromatic carbocycles. The van der Waals surface area contributed by atoms with Crippen LogP contribution in [0, 0.1) is 0 Å². The van der Waals surface area contributed by atoms with Crippen molar-refractivity contribution in [2.24, 2.45) is 5.10 Å². The lowest BCUT2D eigenvalue weighted by molar-refractivity contribution is 0.269. The zero-order chi connectivity index (χ0) is 26.4. The van der Waals surface area contributed by atoms with Crippen molar-refractivity contribution >= 4 is 64.9 Å². The summed E-state index contributed by atoms with van der Waals surface area (Å²) < 4.78 is 16.1. The Morgan fingerprint density at radius 2 is 1.73 bits per heavy atom. The molecule has 4 aromatic rings. The summed E-state index contributed by atoms with van der Waals surface area (Å²) in [6.45, 7) is 4.91. The first kappa shape index (κ1) is 27.5. The number of fused-ring (bicyclic) bond motifs is 1. The molecule has 4 rings (SSSR count). The van der Waals surface area contributed by atoms with Crippen molar-refractivity contribution in [2.45, 2.75) is 39.7 Å². The number of halogens is 3. The van der Waals surface area contributed by atoms with E-state index in [9.17, 15) is 4.79 Å². The normalized spacial score (nSPS) is 11.4. The number of aryl methyl sites for hydroxylation is 1. The van der Waals surface area contributed by atoms with E-state index < -0.39 is 0 Å². The van der Waals surface area contributed by atoms with E-state index in [1.165, 1.54) is 4.68 Å². The molecule has 1 aromatic heterocycles. The molecule has 9 heteroatoms. The van der Waals surface area contributed by atoms with Gasteiger partial charge in [0.05, 0.1) is 23.7 Å². The second-order valence-corrected chi connectivity index (χ2v) is 11.0. The molecule has 37 heavy (non-hydrogen) atoms. The van der Waals surface area contributed by atoms with Gasteiger partial charge >= 0.3 is 0 Å². The van der Waals surface area contributed by atoms with Crippen LogP contribution in [0.1, 0.15) is 43.6 Å². The van der Waals surface area contributed by atoms with Gasteiger partial charge in [0.25, 0.3) is 5.56 Å². The maximum atomic E-state index is 13.3. The largest absolute Gasteiger partial charge is 0.490 e. The summed E-state index contributed by atoms with van der Waals surface area (Å²) in [5, 5.41) is 5.07. The highest BCUT2D eigenvalue weighted by Crippen LogP contribution is 2.30. The maximum Gasteiger partial charge on any atom is 0.282 e. The summed E-state index contributed by atoms with van der Waals surface area (Å²) in [6, 6.07) is 17.1. The quantitative estimate of drug-likeness (QED) is 0.159. The predicted octanol–water partition coefficient (Wildman–Crippen LogP) is 7.89. The van der Waals surface area contributed by atoms with Crippen LogP contribution in [0.25, 0.3) is 10.9 Å². The Morgan fingerprint density at radius 3 is 2.49 bits per heavy atom. The van der Waals surface area contributed by atoms with Gasteiger partial charge in [-0.3, -0.25) is 4.79 Å². The Kier molecular flexibility index (Phi) is 9.56. The van der Waals surface area contributed by atoms with Crippen LogP contribution in [0.4, 0.5) is 0 Å². The second-order valence-electron chi connectivity index (χ2n) is 8.32. The lowest BCUT2D eigenvalue weighted by atomic mass is 10.2. The zero-order valence-corrected chi connectivity index (χ0v) is 25.3. The van der Waals surface area contributed by atoms with Crippen molar-refractivity contribution in [3.8, 4) is 11.5 Å². The molecule has 0 radical (unpaired) electrons. The van der Waals surface area contributed by atoms with Crippen LogP contribution in [0.15, 0.2) is 77.9 Å². The van der Waals surface area contributed by atoms with Gasteiger partial charge in [0.2, 0.25) is 0 Å². The number of ether oxygens (including phenoxy) is 2. The molecule has 192 valence electrons. The molecule has 0 saturated heterocycles. The van der Waals surface area contributed by atoms with Gasteiger partial charge in [0.15, 0.2) is 11.5 Å². The molecular formula is C28H26Br3N3O3. The van der Waals surface area contributed by atoms with E-state index >= 15 is 0 Å². The van der Waals surface area contributed by atoms with Crippen LogP contribution in [0.5, 0.6) is 11.5 Å². The van der Waals surface area contributed by atoms with Crippen molar-refractivity contribution in [2.75, 3.05) is 6.61 Å². The van der Waals surface area contributed by atoms with E-state index in [2.05, 4.69) is 59.8 Å². The second kappa shape index (κ2) is 12.8. The third-order valence-corrected chi connectivity index (χ3v) is 7.34. The number of rotatable bonds is 10. The van der Waals surface area contributed by atoms with Crippen LogP contribution < -0.4 is 15.0 Å². The van der Waals surface area contributed by atoms with E-state index in [4.69, 9.17) is 14.5 Å². The number of benzene rings is 3. The average molecular weight is 692 g/mol. The molecule has 6 nitrogen and oxygen atoms in total. The lowest BCUT2D eigenvalue weighted by Gasteiger charge is -2.13. The number of aromatic nitrogens is 2. The summed E-state index contributed by atoms with van der Waals surface area (Å²) in [4.78, 5) is 18.0. The fraction of sp³-hybridized carbons (Fsp3) is 0.250. The van der Waals surface area contributed by atoms with Crippen LogP contribution in [-0.4, -0.2) is 22.5 Å². The van der Waals surface area contributed by atoms with Crippen LogP contribution >= 0.6 is 47.8 Å². The fourth-order valence-corrected chi connectivity index (χ4v) is 5.24.